The SMILES string of the molecule is CSCCC(N)C(=O)NC(CCCCN)C(=O)NC(CCCN=C(N)N)C(=O)N1CCCC1C(=O)N1CCCC1C(=O)NCC(=O)NC(Cc1ccccc1)C(=O)NC(CO)C(=O)N1CCCC1C(=O)NC(Cc1ccccc1)C(=O)NC(CCCN=C(N)N)C(=O)O. The molecule has 0 spiro atoms. The Morgan fingerprint density at radius 1 is 0.548 bits per heavy atom. The van der Waals surface area contributed by atoms with E-state index in [-0.39, 0.29) is 109 Å². The van der Waals surface area contributed by atoms with Crippen LogP contribution in [-0.2, 0) is 65.6 Å². The van der Waals surface area contributed by atoms with Crippen molar-refractivity contribution in [3.63, 3.8) is 0 Å². The molecule has 10 amide bonds. The molecule has 3 aliphatic heterocycles. The zero-order valence-electron chi connectivity index (χ0n) is 52.7. The Hall–Kier alpha value is -8.62. The molecule has 3 aliphatic rings. The minimum absolute atomic E-state index is 0.0267. The van der Waals surface area contributed by atoms with Crippen LogP contribution in [0.25, 0.3) is 0 Å². The minimum Gasteiger partial charge on any atom is -0.480 e. The Labute approximate surface area is 545 Å². The van der Waals surface area contributed by atoms with Crippen molar-refractivity contribution in [1.29, 1.82) is 0 Å². The van der Waals surface area contributed by atoms with Crippen LogP contribution in [0.4, 0.5) is 0 Å². The topological polar surface area (TPSA) is 503 Å². The number of nitrogens with two attached hydrogens (primary N) is 6. The van der Waals surface area contributed by atoms with Crippen LogP contribution in [0.2, 0.25) is 0 Å². The summed E-state index contributed by atoms with van der Waals surface area (Å²) in [6, 6.07) is 5.17. The number of benzene rings is 2. The average molecular weight is 1320 g/mol. The van der Waals surface area contributed by atoms with Crippen molar-refractivity contribution in [3.05, 3.63) is 71.8 Å². The van der Waals surface area contributed by atoms with Gasteiger partial charge in [0.05, 0.1) is 19.2 Å². The number of hydrogen-bond donors (Lipinski definition) is 15. The van der Waals surface area contributed by atoms with E-state index in [0.717, 1.165) is 0 Å². The van der Waals surface area contributed by atoms with Gasteiger partial charge in [0.1, 0.15) is 54.4 Å². The normalized spacial score (nSPS) is 18.2. The standard InChI is InChI=1S/C61H94N18O13S/c1-93-32-25-39(63)50(82)72-40(19-8-9-26-62)51(83)73-41(20-10-27-68-60(64)65)56(88)79-31-14-24-48(79)58(90)78-30-12-22-46(78)54(86)70-35-49(81)71-43(33-37-15-4-2-5-16-37)52(84)76-45(36-80)57(89)77-29-13-23-47(77)55(87)75-44(34-38-17-6-3-7-18-38)53(85)74-42(59(91)92)21-11-28-69-61(66)67/h2-7,15-18,39-48,80H,8-14,19-36,62-63H2,1H3,(H,70,86)(H,71,81)(H,72,82)(H,73,83)(H,74,85)(H,75,87)(H,76,84)(H,91,92)(H4,64,65,68)(H4,66,67,69). The summed E-state index contributed by atoms with van der Waals surface area (Å²) in [6.07, 6.45) is 5.62. The third kappa shape index (κ3) is 24.1. The van der Waals surface area contributed by atoms with Crippen LogP contribution >= 0.6 is 11.8 Å². The molecule has 512 valence electrons. The largest absolute Gasteiger partial charge is 0.480 e. The van der Waals surface area contributed by atoms with Crippen molar-refractivity contribution < 1.29 is 63.0 Å². The van der Waals surface area contributed by atoms with E-state index in [1.165, 1.54) is 26.5 Å². The molecule has 31 nitrogen and oxygen atoms in total. The Morgan fingerprint density at radius 3 is 1.55 bits per heavy atom. The fourth-order valence-corrected chi connectivity index (χ4v) is 11.8. The quantitative estimate of drug-likeness (QED) is 0.0172. The molecule has 0 saturated carbocycles. The highest BCUT2D eigenvalue weighted by molar-refractivity contribution is 7.98. The Balaban J connectivity index is 1.24. The van der Waals surface area contributed by atoms with Crippen LogP contribution in [0.1, 0.15) is 101 Å². The summed E-state index contributed by atoms with van der Waals surface area (Å²) >= 11 is 1.52. The number of guanidine groups is 2. The summed E-state index contributed by atoms with van der Waals surface area (Å²) in [4.78, 5) is 165. The molecule has 3 heterocycles. The smallest absolute Gasteiger partial charge is 0.326 e. The second kappa shape index (κ2) is 39.0. The molecule has 5 rings (SSSR count). The third-order valence-corrected chi connectivity index (χ3v) is 16.9. The maximum absolute atomic E-state index is 14.6. The summed E-state index contributed by atoms with van der Waals surface area (Å²) in [7, 11) is 0. The highest BCUT2D eigenvalue weighted by atomic mass is 32.2. The summed E-state index contributed by atoms with van der Waals surface area (Å²) in [6.45, 7) is -0.662. The number of nitrogens with zero attached hydrogens (tertiary/aromatic N) is 5. The predicted octanol–water partition coefficient (Wildman–Crippen LogP) is -4.14. The van der Waals surface area contributed by atoms with Gasteiger partial charge in [-0.25, -0.2) is 4.79 Å². The van der Waals surface area contributed by atoms with Gasteiger partial charge >= 0.3 is 5.97 Å². The monoisotopic (exact) mass is 1320 g/mol. The number of amides is 10. The van der Waals surface area contributed by atoms with Gasteiger partial charge in [0.15, 0.2) is 11.9 Å². The van der Waals surface area contributed by atoms with Crippen molar-refractivity contribution in [1.82, 2.24) is 51.9 Å². The summed E-state index contributed by atoms with van der Waals surface area (Å²) in [5.41, 5.74) is 35.0. The number of carboxylic acid groups (broad SMARTS) is 1. The number of nitrogens with one attached hydrogen (secondary N) is 7. The van der Waals surface area contributed by atoms with Crippen LogP contribution in [0.5, 0.6) is 0 Å². The summed E-state index contributed by atoms with van der Waals surface area (Å²) < 4.78 is 0. The second-order valence-corrected chi connectivity index (χ2v) is 24.2. The van der Waals surface area contributed by atoms with E-state index in [1.807, 2.05) is 6.26 Å². The zero-order chi connectivity index (χ0) is 68.0. The fraction of sp³-hybridized carbons (Fsp3) is 0.590. The molecule has 10 unspecified atom stereocenters. The first-order valence-electron chi connectivity index (χ1n) is 31.5. The summed E-state index contributed by atoms with van der Waals surface area (Å²) in [5, 5.41) is 39.0. The number of carbonyl (C=O) groups is 11. The molecule has 10 atom stereocenters. The van der Waals surface area contributed by atoms with Crippen molar-refractivity contribution in [3.8, 4) is 0 Å². The zero-order valence-corrected chi connectivity index (χ0v) is 53.5. The van der Waals surface area contributed by atoms with Crippen LogP contribution in [-0.4, -0.2) is 227 Å². The number of carbonyl (C=O) groups excluding carboxylic acids is 10. The van der Waals surface area contributed by atoms with Gasteiger partial charge in [-0.2, -0.15) is 11.8 Å². The molecule has 21 N–H and O–H groups in total. The number of carboxylic acids is 1. The van der Waals surface area contributed by atoms with Gasteiger partial charge in [-0.15, -0.1) is 0 Å². The Bertz CT molecular complexity index is 2910. The van der Waals surface area contributed by atoms with E-state index < -0.39 is 139 Å². The molecule has 2 aromatic rings. The molecule has 2 aromatic carbocycles. The lowest BCUT2D eigenvalue weighted by molar-refractivity contribution is -0.148. The minimum atomic E-state index is -1.63. The van der Waals surface area contributed by atoms with Gasteiger partial charge in [0, 0.05) is 45.6 Å². The van der Waals surface area contributed by atoms with E-state index in [4.69, 9.17) is 34.4 Å². The lowest BCUT2D eigenvalue weighted by Crippen LogP contribution is -2.60. The lowest BCUT2D eigenvalue weighted by atomic mass is 10.0. The van der Waals surface area contributed by atoms with Gasteiger partial charge in [-0.05, 0) is 120 Å². The second-order valence-electron chi connectivity index (χ2n) is 23.2. The van der Waals surface area contributed by atoms with Crippen LogP contribution in [0.3, 0.4) is 0 Å². The molecule has 0 aromatic heterocycles. The van der Waals surface area contributed by atoms with Crippen molar-refractivity contribution in [2.24, 2.45) is 44.4 Å². The molecule has 0 radical (unpaired) electrons. The Morgan fingerprint density at radius 2 is 1.01 bits per heavy atom. The van der Waals surface area contributed by atoms with Gasteiger partial charge in [-0.3, -0.25) is 57.9 Å². The van der Waals surface area contributed by atoms with Crippen molar-refractivity contribution in [2.45, 2.75) is 163 Å². The number of aliphatic carboxylic acids is 1. The lowest BCUT2D eigenvalue weighted by Gasteiger charge is -2.33. The van der Waals surface area contributed by atoms with Crippen LogP contribution in [0, 0.1) is 0 Å². The molecular weight excluding hydrogens is 1220 g/mol. The number of thioether (sulfide) groups is 1. The van der Waals surface area contributed by atoms with Gasteiger partial charge in [0.2, 0.25) is 59.1 Å². The first-order chi connectivity index (χ1) is 44.6. The average Bonchev–Trinajstić information content (AvgIpc) is 1.72. The Kier molecular flexibility index (Phi) is 31.5. The number of unbranched alkanes of at least 4 members (excludes halogenated alkanes) is 1. The van der Waals surface area contributed by atoms with Gasteiger partial charge in [0.25, 0.3) is 0 Å². The van der Waals surface area contributed by atoms with E-state index in [1.54, 1.807) is 60.7 Å². The van der Waals surface area contributed by atoms with E-state index >= 15 is 0 Å². The molecule has 0 bridgehead atoms. The number of aliphatic hydroxyl groups excluding tert-OH is 1. The molecule has 32 heteroatoms. The molecule has 3 fully saturated rings. The number of aliphatic imine (C=N–C) groups is 2. The van der Waals surface area contributed by atoms with Crippen LogP contribution in [0.15, 0.2) is 70.6 Å². The number of likely N-dealkylation sites (tertiary alicyclic amines) is 3. The highest BCUT2D eigenvalue weighted by Gasteiger charge is 2.45. The van der Waals surface area contributed by atoms with Crippen molar-refractivity contribution in [2.75, 3.05) is 64.4 Å². The predicted molar refractivity (Wildman–Crippen MR) is 348 cm³/mol. The number of rotatable bonds is 38. The number of aliphatic hydroxyl groups is 1. The van der Waals surface area contributed by atoms with E-state index in [9.17, 15) is 63.0 Å². The number of hydrogen-bond acceptors (Lipinski definition) is 17. The van der Waals surface area contributed by atoms with Gasteiger partial charge in [-0.1, -0.05) is 60.7 Å². The van der Waals surface area contributed by atoms with Crippen molar-refractivity contribution >= 4 is 88.7 Å². The summed E-state index contributed by atoms with van der Waals surface area (Å²) in [5.74, 6) is -8.09. The molecule has 93 heavy (non-hydrogen) atoms. The fourth-order valence-electron chi connectivity index (χ4n) is 11.3. The van der Waals surface area contributed by atoms with Crippen LogP contribution < -0.4 is 71.6 Å². The molecule has 3 saturated heterocycles. The maximum atomic E-state index is 14.6. The maximum Gasteiger partial charge on any atom is 0.326 e. The highest BCUT2D eigenvalue weighted by Crippen LogP contribution is 2.27. The van der Waals surface area contributed by atoms with E-state index in [0.29, 0.717) is 61.9 Å². The van der Waals surface area contributed by atoms with Gasteiger partial charge < -0.3 is 96.5 Å². The molecule has 0 aliphatic carbocycles. The third-order valence-electron chi connectivity index (χ3n) is 16.2. The first kappa shape index (κ1) is 75.1. The first-order valence-corrected chi connectivity index (χ1v) is 32.9. The van der Waals surface area contributed by atoms with E-state index in [2.05, 4.69) is 47.2 Å². The molecular formula is C61H94N18O13S.